The van der Waals surface area contributed by atoms with Gasteiger partial charge in [-0.05, 0) is 45.9 Å². The first-order valence-corrected chi connectivity index (χ1v) is 9.06. The average molecular weight is 381 g/mol. The van der Waals surface area contributed by atoms with Gasteiger partial charge in [0.15, 0.2) is 0 Å². The Balaban J connectivity index is 1.85. The zero-order chi connectivity index (χ0) is 20.4. The standard InChI is InChI=1S/C22H24FN3O2/c1-13-11-24-19(15(3)21(13)28-5)12-25-22(27)17-10-14(2)26(16(17)4)20-9-7-6-8-18(20)23/h6-11H,12H2,1-5H3,(H,25,27). The number of ether oxygens (including phenoxy) is 1. The first-order valence-electron chi connectivity index (χ1n) is 9.06. The molecule has 0 fully saturated rings. The molecule has 0 saturated heterocycles. The number of aryl methyl sites for hydroxylation is 2. The van der Waals surface area contributed by atoms with Crippen molar-refractivity contribution in [2.75, 3.05) is 7.11 Å². The number of hydrogen-bond acceptors (Lipinski definition) is 3. The number of hydrogen-bond donors (Lipinski definition) is 1. The average Bonchev–Trinajstić information content (AvgIpc) is 2.96. The van der Waals surface area contributed by atoms with Crippen LogP contribution in [-0.2, 0) is 6.54 Å². The van der Waals surface area contributed by atoms with E-state index in [2.05, 4.69) is 10.3 Å². The highest BCUT2D eigenvalue weighted by molar-refractivity contribution is 5.95. The fraction of sp³-hybridized carbons (Fsp3) is 0.273. The van der Waals surface area contributed by atoms with E-state index in [0.29, 0.717) is 16.9 Å². The molecule has 146 valence electrons. The molecule has 1 amide bonds. The number of para-hydroxylation sites is 1. The predicted molar refractivity (Wildman–Crippen MR) is 107 cm³/mol. The monoisotopic (exact) mass is 381 g/mol. The molecule has 6 heteroatoms. The molecule has 0 unspecified atom stereocenters. The summed E-state index contributed by atoms with van der Waals surface area (Å²) >= 11 is 0. The lowest BCUT2D eigenvalue weighted by molar-refractivity contribution is 0.0949. The van der Waals surface area contributed by atoms with Gasteiger partial charge in [-0.3, -0.25) is 9.78 Å². The maximum Gasteiger partial charge on any atom is 0.253 e. The highest BCUT2D eigenvalue weighted by Crippen LogP contribution is 2.25. The Morgan fingerprint density at radius 1 is 1.21 bits per heavy atom. The maximum atomic E-state index is 14.2. The van der Waals surface area contributed by atoms with Gasteiger partial charge in [0.25, 0.3) is 5.91 Å². The van der Waals surface area contributed by atoms with Crippen molar-refractivity contribution in [3.05, 3.63) is 76.1 Å². The normalized spacial score (nSPS) is 10.8. The number of pyridine rings is 1. The number of carbonyl (C=O) groups excluding carboxylic acids is 1. The van der Waals surface area contributed by atoms with Crippen LogP contribution in [0.3, 0.4) is 0 Å². The van der Waals surface area contributed by atoms with Crippen LogP contribution < -0.4 is 10.1 Å². The number of nitrogens with zero attached hydrogens (tertiary/aromatic N) is 2. The maximum absolute atomic E-state index is 14.2. The lowest BCUT2D eigenvalue weighted by Gasteiger charge is -2.13. The van der Waals surface area contributed by atoms with Crippen LogP contribution in [-0.4, -0.2) is 22.6 Å². The van der Waals surface area contributed by atoms with Gasteiger partial charge in [0.2, 0.25) is 0 Å². The zero-order valence-corrected chi connectivity index (χ0v) is 16.8. The summed E-state index contributed by atoms with van der Waals surface area (Å²) in [5.41, 5.74) is 5.02. The summed E-state index contributed by atoms with van der Waals surface area (Å²) in [6, 6.07) is 8.30. The number of nitrogens with one attached hydrogen (secondary N) is 1. The number of halogens is 1. The van der Waals surface area contributed by atoms with Gasteiger partial charge in [-0.2, -0.15) is 0 Å². The van der Waals surface area contributed by atoms with Crippen molar-refractivity contribution >= 4 is 5.91 Å². The molecule has 28 heavy (non-hydrogen) atoms. The van der Waals surface area contributed by atoms with Gasteiger partial charge in [-0.15, -0.1) is 0 Å². The Morgan fingerprint density at radius 2 is 1.93 bits per heavy atom. The van der Waals surface area contributed by atoms with Crippen molar-refractivity contribution in [2.45, 2.75) is 34.2 Å². The number of benzene rings is 1. The van der Waals surface area contributed by atoms with Crippen molar-refractivity contribution in [3.8, 4) is 11.4 Å². The molecule has 2 heterocycles. The lowest BCUT2D eigenvalue weighted by atomic mass is 10.1. The molecular formula is C22H24FN3O2. The number of rotatable bonds is 5. The van der Waals surface area contributed by atoms with E-state index in [1.165, 1.54) is 6.07 Å². The highest BCUT2D eigenvalue weighted by Gasteiger charge is 2.19. The third kappa shape index (κ3) is 3.50. The van der Waals surface area contributed by atoms with E-state index in [4.69, 9.17) is 4.74 Å². The Labute approximate surface area is 164 Å². The summed E-state index contributed by atoms with van der Waals surface area (Å²) < 4.78 is 21.4. The number of methoxy groups -OCH3 is 1. The third-order valence-corrected chi connectivity index (χ3v) is 4.94. The van der Waals surface area contributed by atoms with Gasteiger partial charge in [0, 0.05) is 28.7 Å². The Kier molecular flexibility index (Phi) is 5.49. The van der Waals surface area contributed by atoms with Crippen LogP contribution in [0.2, 0.25) is 0 Å². The van der Waals surface area contributed by atoms with Crippen LogP contribution in [0.5, 0.6) is 5.75 Å². The minimum atomic E-state index is -0.331. The molecule has 0 saturated carbocycles. The molecule has 0 aliphatic heterocycles. The minimum absolute atomic E-state index is 0.226. The second-order valence-electron chi connectivity index (χ2n) is 6.80. The predicted octanol–water partition coefficient (Wildman–Crippen LogP) is 4.18. The van der Waals surface area contributed by atoms with E-state index in [1.54, 1.807) is 42.1 Å². The molecule has 0 atom stereocenters. The van der Waals surface area contributed by atoms with Crippen LogP contribution in [0.4, 0.5) is 4.39 Å². The van der Waals surface area contributed by atoms with Crippen molar-refractivity contribution in [2.24, 2.45) is 0 Å². The first-order chi connectivity index (χ1) is 13.3. The molecule has 0 bridgehead atoms. The molecular weight excluding hydrogens is 357 g/mol. The third-order valence-electron chi connectivity index (χ3n) is 4.94. The van der Waals surface area contributed by atoms with E-state index < -0.39 is 0 Å². The van der Waals surface area contributed by atoms with Crippen LogP contribution in [0.1, 0.15) is 38.6 Å². The topological polar surface area (TPSA) is 56.1 Å². The van der Waals surface area contributed by atoms with Gasteiger partial charge in [0.05, 0.1) is 30.6 Å². The van der Waals surface area contributed by atoms with Crippen LogP contribution in [0, 0.1) is 33.5 Å². The van der Waals surface area contributed by atoms with Crippen LogP contribution in [0.15, 0.2) is 36.5 Å². The summed E-state index contributed by atoms with van der Waals surface area (Å²) in [4.78, 5) is 17.2. The van der Waals surface area contributed by atoms with Crippen molar-refractivity contribution in [1.29, 1.82) is 0 Å². The molecule has 3 aromatic rings. The summed E-state index contributed by atoms with van der Waals surface area (Å²) in [7, 11) is 1.62. The van der Waals surface area contributed by atoms with E-state index in [0.717, 1.165) is 28.3 Å². The molecule has 0 aliphatic carbocycles. The Hall–Kier alpha value is -3.15. The summed E-state index contributed by atoms with van der Waals surface area (Å²) in [5.74, 6) is 0.219. The van der Waals surface area contributed by atoms with E-state index >= 15 is 0 Å². The van der Waals surface area contributed by atoms with Crippen molar-refractivity contribution in [1.82, 2.24) is 14.9 Å². The van der Waals surface area contributed by atoms with E-state index in [9.17, 15) is 9.18 Å². The quantitative estimate of drug-likeness (QED) is 0.721. The Bertz CT molecular complexity index is 1040. The van der Waals surface area contributed by atoms with E-state index in [1.807, 2.05) is 27.7 Å². The SMILES string of the molecule is COc1c(C)cnc(CNC(=O)c2cc(C)n(-c3ccccc3F)c2C)c1C. The number of amides is 1. The molecule has 3 rings (SSSR count). The fourth-order valence-electron chi connectivity index (χ4n) is 3.50. The number of aromatic nitrogens is 2. The van der Waals surface area contributed by atoms with Gasteiger partial charge in [0.1, 0.15) is 11.6 Å². The molecule has 0 radical (unpaired) electrons. The zero-order valence-electron chi connectivity index (χ0n) is 16.8. The smallest absolute Gasteiger partial charge is 0.253 e. The molecule has 5 nitrogen and oxygen atoms in total. The number of carbonyl (C=O) groups is 1. The lowest BCUT2D eigenvalue weighted by Crippen LogP contribution is -2.24. The summed E-state index contributed by atoms with van der Waals surface area (Å²) in [5, 5.41) is 2.91. The largest absolute Gasteiger partial charge is 0.496 e. The highest BCUT2D eigenvalue weighted by atomic mass is 19.1. The minimum Gasteiger partial charge on any atom is -0.496 e. The van der Waals surface area contributed by atoms with Crippen LogP contribution in [0.25, 0.3) is 5.69 Å². The fourth-order valence-corrected chi connectivity index (χ4v) is 3.50. The van der Waals surface area contributed by atoms with Crippen molar-refractivity contribution in [3.63, 3.8) is 0 Å². The summed E-state index contributed by atoms with van der Waals surface area (Å²) in [6.07, 6.45) is 1.73. The second-order valence-corrected chi connectivity index (χ2v) is 6.80. The van der Waals surface area contributed by atoms with Crippen LogP contribution >= 0.6 is 0 Å². The molecule has 1 N–H and O–H groups in total. The van der Waals surface area contributed by atoms with Crippen molar-refractivity contribution < 1.29 is 13.9 Å². The van der Waals surface area contributed by atoms with Gasteiger partial charge >= 0.3 is 0 Å². The van der Waals surface area contributed by atoms with Gasteiger partial charge in [-0.1, -0.05) is 12.1 Å². The van der Waals surface area contributed by atoms with Gasteiger partial charge < -0.3 is 14.6 Å². The molecule has 2 aromatic heterocycles. The van der Waals surface area contributed by atoms with Gasteiger partial charge in [-0.25, -0.2) is 4.39 Å². The molecule has 0 aliphatic rings. The first kappa shape index (κ1) is 19.6. The van der Waals surface area contributed by atoms with E-state index in [-0.39, 0.29) is 18.3 Å². The summed E-state index contributed by atoms with van der Waals surface area (Å²) in [6.45, 7) is 7.80. The molecule has 0 spiro atoms. The second kappa shape index (κ2) is 7.84. The Morgan fingerprint density at radius 3 is 2.61 bits per heavy atom. The molecule has 1 aromatic carbocycles.